The fourth-order valence-corrected chi connectivity index (χ4v) is 1.60. The maximum atomic E-state index is 5.65. The van der Waals surface area contributed by atoms with E-state index in [1.807, 2.05) is 6.20 Å². The Hall–Kier alpha value is -0.540. The molecule has 0 amide bonds. The van der Waals surface area contributed by atoms with Gasteiger partial charge in [0.2, 0.25) is 0 Å². The number of aromatic amines is 1. The van der Waals surface area contributed by atoms with Crippen molar-refractivity contribution in [2.75, 3.05) is 13.1 Å². The third-order valence-corrected chi connectivity index (χ3v) is 2.26. The number of H-pyrrole nitrogens is 1. The van der Waals surface area contributed by atoms with Crippen molar-refractivity contribution in [2.45, 2.75) is 12.3 Å². The van der Waals surface area contributed by atoms with Gasteiger partial charge in [0.15, 0.2) is 5.28 Å². The van der Waals surface area contributed by atoms with Crippen molar-refractivity contribution in [1.29, 1.82) is 0 Å². The molecule has 2 N–H and O–H groups in total. The van der Waals surface area contributed by atoms with Gasteiger partial charge in [-0.3, -0.25) is 0 Å². The lowest BCUT2D eigenvalue weighted by Crippen LogP contribution is -2.07. The molecule has 60 valence electrons. The van der Waals surface area contributed by atoms with Gasteiger partial charge in [0, 0.05) is 24.4 Å². The van der Waals surface area contributed by atoms with E-state index in [4.69, 9.17) is 11.6 Å². The molecule has 0 aliphatic carbocycles. The van der Waals surface area contributed by atoms with Crippen LogP contribution in [0.3, 0.4) is 0 Å². The van der Waals surface area contributed by atoms with E-state index in [1.54, 1.807) is 0 Å². The van der Waals surface area contributed by atoms with Crippen molar-refractivity contribution in [3.63, 3.8) is 0 Å². The Labute approximate surface area is 70.2 Å². The number of aromatic nitrogens is 2. The minimum Gasteiger partial charge on any atom is -0.332 e. The van der Waals surface area contributed by atoms with E-state index < -0.39 is 0 Å². The zero-order chi connectivity index (χ0) is 7.68. The van der Waals surface area contributed by atoms with Crippen LogP contribution >= 0.6 is 11.6 Å². The molecule has 2 rings (SSSR count). The standard InChI is InChI=1S/C7H10ClN3/c8-7-10-4-6(11-7)5-1-2-9-3-5/h4-5,9H,1-3H2,(H,10,11). The average molecular weight is 172 g/mol. The van der Waals surface area contributed by atoms with Crippen LogP contribution in [0.4, 0.5) is 0 Å². The summed E-state index contributed by atoms with van der Waals surface area (Å²) in [5, 5.41) is 3.78. The van der Waals surface area contributed by atoms with Crippen molar-refractivity contribution < 1.29 is 0 Å². The molecule has 4 heteroatoms. The van der Waals surface area contributed by atoms with E-state index >= 15 is 0 Å². The molecule has 0 aromatic carbocycles. The lowest BCUT2D eigenvalue weighted by atomic mass is 10.1. The molecule has 11 heavy (non-hydrogen) atoms. The van der Waals surface area contributed by atoms with E-state index in [2.05, 4.69) is 15.3 Å². The molecule has 1 aliphatic heterocycles. The fourth-order valence-electron chi connectivity index (χ4n) is 1.44. The molecule has 1 saturated heterocycles. The number of imidazole rings is 1. The van der Waals surface area contributed by atoms with E-state index in [-0.39, 0.29) is 0 Å². The zero-order valence-electron chi connectivity index (χ0n) is 6.10. The minimum absolute atomic E-state index is 0.493. The van der Waals surface area contributed by atoms with Crippen molar-refractivity contribution in [1.82, 2.24) is 15.3 Å². The van der Waals surface area contributed by atoms with Crippen LogP contribution in [-0.4, -0.2) is 23.1 Å². The molecule has 1 aromatic rings. The van der Waals surface area contributed by atoms with Crippen LogP contribution in [-0.2, 0) is 0 Å². The Balaban J connectivity index is 2.15. The van der Waals surface area contributed by atoms with Gasteiger partial charge in [-0.1, -0.05) is 0 Å². The molecule has 0 bridgehead atoms. The molecule has 0 spiro atoms. The van der Waals surface area contributed by atoms with Crippen LogP contribution in [0.15, 0.2) is 6.20 Å². The average Bonchev–Trinajstić information content (AvgIpc) is 2.55. The Morgan fingerprint density at radius 2 is 2.55 bits per heavy atom. The Bertz CT molecular complexity index is 240. The number of nitrogens with one attached hydrogen (secondary N) is 2. The zero-order valence-corrected chi connectivity index (χ0v) is 6.86. The number of nitrogens with zero attached hydrogens (tertiary/aromatic N) is 1. The Morgan fingerprint density at radius 3 is 3.09 bits per heavy atom. The third-order valence-electron chi connectivity index (χ3n) is 2.06. The molecule has 1 unspecified atom stereocenters. The summed E-state index contributed by atoms with van der Waals surface area (Å²) in [5.74, 6) is 0.579. The maximum Gasteiger partial charge on any atom is 0.200 e. The van der Waals surface area contributed by atoms with Gasteiger partial charge in [-0.15, -0.1) is 0 Å². The summed E-state index contributed by atoms with van der Waals surface area (Å²) in [6, 6.07) is 0. The second-order valence-electron chi connectivity index (χ2n) is 2.82. The normalized spacial score (nSPS) is 24.3. The first-order valence-electron chi connectivity index (χ1n) is 3.77. The summed E-state index contributed by atoms with van der Waals surface area (Å²) in [6.07, 6.45) is 3.00. The summed E-state index contributed by atoms with van der Waals surface area (Å²) in [5.41, 5.74) is 1.15. The smallest absolute Gasteiger partial charge is 0.200 e. The number of rotatable bonds is 1. The molecule has 0 radical (unpaired) electrons. The van der Waals surface area contributed by atoms with Crippen LogP contribution in [0, 0.1) is 0 Å². The largest absolute Gasteiger partial charge is 0.332 e. The second kappa shape index (κ2) is 2.83. The maximum absolute atomic E-state index is 5.65. The van der Waals surface area contributed by atoms with Gasteiger partial charge in [0.05, 0.1) is 0 Å². The first-order valence-corrected chi connectivity index (χ1v) is 4.15. The highest BCUT2D eigenvalue weighted by Gasteiger charge is 2.17. The van der Waals surface area contributed by atoms with Gasteiger partial charge >= 0.3 is 0 Å². The van der Waals surface area contributed by atoms with E-state index in [0.717, 1.165) is 18.8 Å². The molecular formula is C7H10ClN3. The quantitative estimate of drug-likeness (QED) is 0.666. The van der Waals surface area contributed by atoms with Crippen LogP contribution in [0.25, 0.3) is 0 Å². The number of hydrogen-bond donors (Lipinski definition) is 2. The molecule has 1 fully saturated rings. The predicted molar refractivity (Wildman–Crippen MR) is 43.8 cm³/mol. The fraction of sp³-hybridized carbons (Fsp3) is 0.571. The second-order valence-corrected chi connectivity index (χ2v) is 3.18. The molecule has 0 saturated carbocycles. The summed E-state index contributed by atoms with van der Waals surface area (Å²) in [7, 11) is 0. The van der Waals surface area contributed by atoms with Crippen LogP contribution < -0.4 is 5.32 Å². The summed E-state index contributed by atoms with van der Waals surface area (Å²) < 4.78 is 0. The van der Waals surface area contributed by atoms with Gasteiger partial charge in [-0.05, 0) is 24.6 Å². The highest BCUT2D eigenvalue weighted by molar-refractivity contribution is 6.28. The lowest BCUT2D eigenvalue weighted by molar-refractivity contribution is 0.741. The lowest BCUT2D eigenvalue weighted by Gasteiger charge is -2.02. The molecule has 1 atom stereocenters. The van der Waals surface area contributed by atoms with E-state index in [1.165, 1.54) is 6.42 Å². The van der Waals surface area contributed by atoms with E-state index in [0.29, 0.717) is 11.2 Å². The van der Waals surface area contributed by atoms with Gasteiger partial charge in [-0.25, -0.2) is 4.98 Å². The summed E-state index contributed by atoms with van der Waals surface area (Å²) in [4.78, 5) is 6.98. The summed E-state index contributed by atoms with van der Waals surface area (Å²) >= 11 is 5.65. The third kappa shape index (κ3) is 1.39. The number of hydrogen-bond acceptors (Lipinski definition) is 2. The van der Waals surface area contributed by atoms with Crippen molar-refractivity contribution in [3.05, 3.63) is 17.2 Å². The van der Waals surface area contributed by atoms with Gasteiger partial charge < -0.3 is 10.3 Å². The molecule has 2 heterocycles. The van der Waals surface area contributed by atoms with Gasteiger partial charge in [-0.2, -0.15) is 0 Å². The van der Waals surface area contributed by atoms with Crippen LogP contribution in [0.5, 0.6) is 0 Å². The first kappa shape index (κ1) is 7.13. The minimum atomic E-state index is 0.493. The number of halogens is 1. The molecule has 3 nitrogen and oxygen atoms in total. The SMILES string of the molecule is Clc1ncc(C2CCNC2)[nH]1. The highest BCUT2D eigenvalue weighted by atomic mass is 35.5. The molecule has 1 aliphatic rings. The highest BCUT2D eigenvalue weighted by Crippen LogP contribution is 2.20. The Morgan fingerprint density at radius 1 is 1.64 bits per heavy atom. The predicted octanol–water partition coefficient (Wildman–Crippen LogP) is 1.14. The Kier molecular flexibility index (Phi) is 1.84. The van der Waals surface area contributed by atoms with Crippen molar-refractivity contribution in [2.24, 2.45) is 0 Å². The first-order chi connectivity index (χ1) is 5.36. The van der Waals surface area contributed by atoms with Gasteiger partial charge in [0.25, 0.3) is 0 Å². The van der Waals surface area contributed by atoms with Crippen molar-refractivity contribution >= 4 is 11.6 Å². The van der Waals surface area contributed by atoms with Crippen molar-refractivity contribution in [3.8, 4) is 0 Å². The van der Waals surface area contributed by atoms with Gasteiger partial charge in [0.1, 0.15) is 0 Å². The summed E-state index contributed by atoms with van der Waals surface area (Å²) in [6.45, 7) is 2.14. The topological polar surface area (TPSA) is 40.7 Å². The molecule has 1 aromatic heterocycles. The van der Waals surface area contributed by atoms with Crippen LogP contribution in [0.1, 0.15) is 18.0 Å². The van der Waals surface area contributed by atoms with E-state index in [9.17, 15) is 0 Å². The monoisotopic (exact) mass is 171 g/mol. The molecular weight excluding hydrogens is 162 g/mol. The van der Waals surface area contributed by atoms with Crippen LogP contribution in [0.2, 0.25) is 5.28 Å².